The standard InChI is InChI=1S/C13H17N/c1-4-7-11(10(2)3)12-8-5-6-9-13(12)14/h4-9H,14H2,1-3H3/b7-4-. The van der Waals surface area contributed by atoms with Gasteiger partial charge < -0.3 is 5.73 Å². The first kappa shape index (κ1) is 10.6. The minimum Gasteiger partial charge on any atom is -0.398 e. The SMILES string of the molecule is C/C=C\C(=C(C)C)c1ccccc1N. The van der Waals surface area contributed by atoms with E-state index in [4.69, 9.17) is 5.73 Å². The molecule has 1 nitrogen and oxygen atoms in total. The van der Waals surface area contributed by atoms with Crippen molar-refractivity contribution in [3.8, 4) is 0 Å². The van der Waals surface area contributed by atoms with Gasteiger partial charge in [-0.1, -0.05) is 35.9 Å². The summed E-state index contributed by atoms with van der Waals surface area (Å²) in [6.07, 6.45) is 4.13. The van der Waals surface area contributed by atoms with Crippen molar-refractivity contribution in [3.63, 3.8) is 0 Å². The second-order valence-electron chi connectivity index (χ2n) is 3.50. The highest BCUT2D eigenvalue weighted by atomic mass is 14.6. The molecule has 0 unspecified atom stereocenters. The molecule has 74 valence electrons. The van der Waals surface area contributed by atoms with E-state index < -0.39 is 0 Å². The molecule has 0 saturated heterocycles. The van der Waals surface area contributed by atoms with Gasteiger partial charge in [0.25, 0.3) is 0 Å². The van der Waals surface area contributed by atoms with Crippen LogP contribution in [0, 0.1) is 0 Å². The quantitative estimate of drug-likeness (QED) is 0.555. The molecule has 0 aromatic heterocycles. The number of nitrogen functional groups attached to an aromatic ring is 1. The van der Waals surface area contributed by atoms with Gasteiger partial charge in [0.1, 0.15) is 0 Å². The Balaban J connectivity index is 3.27. The van der Waals surface area contributed by atoms with E-state index >= 15 is 0 Å². The molecule has 0 fully saturated rings. The molecule has 0 heterocycles. The predicted molar refractivity (Wildman–Crippen MR) is 63.9 cm³/mol. The van der Waals surface area contributed by atoms with Gasteiger partial charge in [0.2, 0.25) is 0 Å². The number of rotatable bonds is 2. The second kappa shape index (κ2) is 4.66. The number of benzene rings is 1. The largest absolute Gasteiger partial charge is 0.398 e. The number of para-hydroxylation sites is 1. The lowest BCUT2D eigenvalue weighted by Crippen LogP contribution is -1.93. The Bertz CT molecular complexity index is 369. The highest BCUT2D eigenvalue weighted by molar-refractivity contribution is 5.82. The molecule has 0 saturated carbocycles. The number of nitrogens with two attached hydrogens (primary N) is 1. The highest BCUT2D eigenvalue weighted by Crippen LogP contribution is 2.25. The third kappa shape index (κ3) is 2.25. The molecule has 1 aromatic rings. The van der Waals surface area contributed by atoms with Crippen LogP contribution in [-0.4, -0.2) is 0 Å². The normalized spacial score (nSPS) is 10.5. The Labute approximate surface area is 85.9 Å². The second-order valence-corrected chi connectivity index (χ2v) is 3.50. The molecule has 1 aromatic carbocycles. The molecule has 0 bridgehead atoms. The molecule has 1 rings (SSSR count). The maximum atomic E-state index is 5.92. The third-order valence-corrected chi connectivity index (χ3v) is 2.12. The van der Waals surface area contributed by atoms with Crippen molar-refractivity contribution in [2.75, 3.05) is 5.73 Å². The van der Waals surface area contributed by atoms with E-state index in [0.717, 1.165) is 11.3 Å². The van der Waals surface area contributed by atoms with Crippen LogP contribution in [0.3, 0.4) is 0 Å². The Morgan fingerprint density at radius 1 is 1.21 bits per heavy atom. The zero-order chi connectivity index (χ0) is 10.6. The van der Waals surface area contributed by atoms with Crippen LogP contribution >= 0.6 is 0 Å². The van der Waals surface area contributed by atoms with Crippen LogP contribution < -0.4 is 5.73 Å². The van der Waals surface area contributed by atoms with Gasteiger partial charge in [-0.05, 0) is 32.4 Å². The van der Waals surface area contributed by atoms with E-state index in [1.165, 1.54) is 11.1 Å². The van der Waals surface area contributed by atoms with Crippen molar-refractivity contribution in [2.24, 2.45) is 0 Å². The summed E-state index contributed by atoms with van der Waals surface area (Å²) in [6, 6.07) is 7.95. The molecule has 0 atom stereocenters. The van der Waals surface area contributed by atoms with Crippen LogP contribution in [-0.2, 0) is 0 Å². The molecule has 1 heteroatoms. The van der Waals surface area contributed by atoms with Crippen molar-refractivity contribution in [1.29, 1.82) is 0 Å². The van der Waals surface area contributed by atoms with Crippen LogP contribution in [0.4, 0.5) is 5.69 Å². The Morgan fingerprint density at radius 3 is 2.36 bits per heavy atom. The monoisotopic (exact) mass is 187 g/mol. The van der Waals surface area contributed by atoms with Gasteiger partial charge in [-0.25, -0.2) is 0 Å². The van der Waals surface area contributed by atoms with Crippen LogP contribution in [0.15, 0.2) is 42.0 Å². The molecule has 2 N–H and O–H groups in total. The zero-order valence-electron chi connectivity index (χ0n) is 9.04. The predicted octanol–water partition coefficient (Wildman–Crippen LogP) is 3.64. The van der Waals surface area contributed by atoms with E-state index in [-0.39, 0.29) is 0 Å². The first-order valence-electron chi connectivity index (χ1n) is 4.82. The fourth-order valence-electron chi connectivity index (χ4n) is 1.43. The molecule has 0 radical (unpaired) electrons. The van der Waals surface area contributed by atoms with Crippen LogP contribution in [0.5, 0.6) is 0 Å². The average molecular weight is 187 g/mol. The Morgan fingerprint density at radius 2 is 1.86 bits per heavy atom. The first-order valence-corrected chi connectivity index (χ1v) is 4.82. The zero-order valence-corrected chi connectivity index (χ0v) is 9.04. The molecule has 0 spiro atoms. The van der Waals surface area contributed by atoms with Gasteiger partial charge in [-0.3, -0.25) is 0 Å². The molecule has 0 aliphatic carbocycles. The summed E-state index contributed by atoms with van der Waals surface area (Å²) in [5.41, 5.74) is 10.4. The number of hydrogen-bond donors (Lipinski definition) is 1. The third-order valence-electron chi connectivity index (χ3n) is 2.12. The minimum atomic E-state index is 0.835. The van der Waals surface area contributed by atoms with Crippen molar-refractivity contribution in [1.82, 2.24) is 0 Å². The van der Waals surface area contributed by atoms with Gasteiger partial charge in [-0.2, -0.15) is 0 Å². The molecule has 0 amide bonds. The average Bonchev–Trinajstić information content (AvgIpc) is 2.15. The Hall–Kier alpha value is -1.50. The van der Waals surface area contributed by atoms with E-state index in [2.05, 4.69) is 26.0 Å². The summed E-state index contributed by atoms with van der Waals surface area (Å²) >= 11 is 0. The molecular formula is C13H17N. The lowest BCUT2D eigenvalue weighted by molar-refractivity contribution is 1.39. The summed E-state index contributed by atoms with van der Waals surface area (Å²) < 4.78 is 0. The van der Waals surface area contributed by atoms with Gasteiger partial charge in [0, 0.05) is 11.3 Å². The van der Waals surface area contributed by atoms with E-state index in [0.29, 0.717) is 0 Å². The van der Waals surface area contributed by atoms with Crippen molar-refractivity contribution >= 4 is 11.3 Å². The smallest absolute Gasteiger partial charge is 0.0393 e. The molecule has 14 heavy (non-hydrogen) atoms. The summed E-state index contributed by atoms with van der Waals surface area (Å²) in [7, 11) is 0. The number of anilines is 1. The van der Waals surface area contributed by atoms with Crippen LogP contribution in [0.2, 0.25) is 0 Å². The van der Waals surface area contributed by atoms with Crippen molar-refractivity contribution in [2.45, 2.75) is 20.8 Å². The maximum absolute atomic E-state index is 5.92. The maximum Gasteiger partial charge on any atom is 0.0393 e. The van der Waals surface area contributed by atoms with Crippen LogP contribution in [0.1, 0.15) is 26.3 Å². The van der Waals surface area contributed by atoms with Crippen LogP contribution in [0.25, 0.3) is 5.57 Å². The minimum absolute atomic E-state index is 0.835. The van der Waals surface area contributed by atoms with Gasteiger partial charge >= 0.3 is 0 Å². The number of hydrogen-bond acceptors (Lipinski definition) is 1. The molecule has 0 aliphatic rings. The van der Waals surface area contributed by atoms with Crippen molar-refractivity contribution < 1.29 is 0 Å². The van der Waals surface area contributed by atoms with Gasteiger partial charge in [0.05, 0.1) is 0 Å². The topological polar surface area (TPSA) is 26.0 Å². The van der Waals surface area contributed by atoms with E-state index in [1.807, 2.05) is 31.2 Å². The lowest BCUT2D eigenvalue weighted by atomic mass is 9.99. The molecule has 0 aliphatic heterocycles. The summed E-state index contributed by atoms with van der Waals surface area (Å²) in [4.78, 5) is 0. The van der Waals surface area contributed by atoms with E-state index in [9.17, 15) is 0 Å². The Kier molecular flexibility index (Phi) is 3.52. The lowest BCUT2D eigenvalue weighted by Gasteiger charge is -2.08. The fraction of sp³-hybridized carbons (Fsp3) is 0.231. The van der Waals surface area contributed by atoms with Gasteiger partial charge in [-0.15, -0.1) is 0 Å². The van der Waals surface area contributed by atoms with Gasteiger partial charge in [0.15, 0.2) is 0 Å². The number of allylic oxidation sites excluding steroid dienone is 4. The fourth-order valence-corrected chi connectivity index (χ4v) is 1.43. The summed E-state index contributed by atoms with van der Waals surface area (Å²) in [5.74, 6) is 0. The van der Waals surface area contributed by atoms with E-state index in [1.54, 1.807) is 0 Å². The molecular weight excluding hydrogens is 170 g/mol. The first-order chi connectivity index (χ1) is 6.66. The summed E-state index contributed by atoms with van der Waals surface area (Å²) in [5, 5.41) is 0. The highest BCUT2D eigenvalue weighted by Gasteiger charge is 2.02. The van der Waals surface area contributed by atoms with Crippen molar-refractivity contribution in [3.05, 3.63) is 47.6 Å². The summed E-state index contributed by atoms with van der Waals surface area (Å²) in [6.45, 7) is 6.21.